The number of sulfonamides is 1. The van der Waals surface area contributed by atoms with Crippen molar-refractivity contribution >= 4 is 26.7 Å². The highest BCUT2D eigenvalue weighted by atomic mass is 32.2. The summed E-state index contributed by atoms with van der Waals surface area (Å²) in [6, 6.07) is 14.7. The maximum Gasteiger partial charge on any atom is 0.264 e. The first-order chi connectivity index (χ1) is 14.3. The van der Waals surface area contributed by atoms with E-state index in [1.807, 2.05) is 50.2 Å². The van der Waals surface area contributed by atoms with E-state index in [-0.39, 0.29) is 23.2 Å². The summed E-state index contributed by atoms with van der Waals surface area (Å²) in [5, 5.41) is 2.78. The third-order valence-corrected chi connectivity index (χ3v) is 6.21. The summed E-state index contributed by atoms with van der Waals surface area (Å²) >= 11 is 0. The van der Waals surface area contributed by atoms with Gasteiger partial charge in [-0.15, -0.1) is 0 Å². The molecule has 0 unspecified atom stereocenters. The number of hydrogen-bond acceptors (Lipinski definition) is 5. The Morgan fingerprint density at radius 3 is 2.57 bits per heavy atom. The molecule has 1 heterocycles. The lowest BCUT2D eigenvalue weighted by atomic mass is 10.1. The molecule has 0 saturated heterocycles. The van der Waals surface area contributed by atoms with E-state index in [0.717, 1.165) is 11.1 Å². The van der Waals surface area contributed by atoms with Crippen LogP contribution in [-0.2, 0) is 21.4 Å². The Hall–Kier alpha value is -3.13. The van der Waals surface area contributed by atoms with Crippen molar-refractivity contribution < 1.29 is 17.9 Å². The highest BCUT2D eigenvalue weighted by molar-refractivity contribution is 8.00. The lowest BCUT2D eigenvalue weighted by Gasteiger charge is -2.06. The normalized spacial score (nSPS) is 16.4. The number of carbonyl (C=O) groups excluding carboxylic acids is 1. The van der Waals surface area contributed by atoms with Crippen molar-refractivity contribution in [3.8, 4) is 5.75 Å². The summed E-state index contributed by atoms with van der Waals surface area (Å²) in [5.41, 5.74) is 3.13. The Labute approximate surface area is 176 Å². The van der Waals surface area contributed by atoms with Crippen LogP contribution in [-0.4, -0.2) is 33.8 Å². The van der Waals surface area contributed by atoms with Crippen LogP contribution >= 0.6 is 0 Å². The molecule has 2 aromatic carbocycles. The topological polar surface area (TPSA) is 96.9 Å². The summed E-state index contributed by atoms with van der Waals surface area (Å²) in [5.74, 6) is 0.636. The first-order valence-electron chi connectivity index (χ1n) is 9.61. The lowest BCUT2D eigenvalue weighted by molar-refractivity contribution is -0.119. The minimum atomic E-state index is -3.72. The second-order valence-electron chi connectivity index (χ2n) is 6.93. The number of benzene rings is 2. The Morgan fingerprint density at radius 2 is 1.90 bits per heavy atom. The highest BCUT2D eigenvalue weighted by Gasteiger charge is 2.34. The molecule has 0 saturated carbocycles. The molecule has 0 aromatic heterocycles. The van der Waals surface area contributed by atoms with Gasteiger partial charge in [0, 0.05) is 12.1 Å². The summed E-state index contributed by atoms with van der Waals surface area (Å²) in [6.45, 7) is 3.96. The number of carbonyl (C=O) groups is 1. The van der Waals surface area contributed by atoms with Gasteiger partial charge in [0.25, 0.3) is 10.0 Å². The molecule has 0 aliphatic carbocycles. The van der Waals surface area contributed by atoms with Crippen LogP contribution in [0.1, 0.15) is 30.0 Å². The predicted octanol–water partition coefficient (Wildman–Crippen LogP) is 2.77. The molecule has 3 rings (SSSR count). The van der Waals surface area contributed by atoms with Gasteiger partial charge in [-0.05, 0) is 36.6 Å². The monoisotopic (exact) mass is 427 g/mol. The predicted molar refractivity (Wildman–Crippen MR) is 118 cm³/mol. The van der Waals surface area contributed by atoms with Gasteiger partial charge in [-0.3, -0.25) is 14.5 Å². The quantitative estimate of drug-likeness (QED) is 0.710. The van der Waals surface area contributed by atoms with Gasteiger partial charge in [0.15, 0.2) is 0 Å². The number of aryl methyl sites for hydroxylation is 1. The zero-order valence-corrected chi connectivity index (χ0v) is 18.0. The highest BCUT2D eigenvalue weighted by Crippen LogP contribution is 2.31. The molecule has 0 spiro atoms. The number of rotatable bonds is 7. The molecule has 0 fully saturated rings. The second kappa shape index (κ2) is 9.13. The number of methoxy groups -OCH3 is 1. The van der Waals surface area contributed by atoms with Crippen LogP contribution < -0.4 is 14.8 Å². The summed E-state index contributed by atoms with van der Waals surface area (Å²) in [4.78, 5) is 16.7. The molecule has 0 bridgehead atoms. The van der Waals surface area contributed by atoms with Gasteiger partial charge in [-0.1, -0.05) is 48.9 Å². The summed E-state index contributed by atoms with van der Waals surface area (Å²) in [7, 11) is -2.14. The molecule has 158 valence electrons. The van der Waals surface area contributed by atoms with Crippen molar-refractivity contribution in [1.29, 1.82) is 0 Å². The third-order valence-electron chi connectivity index (χ3n) is 4.73. The van der Waals surface area contributed by atoms with E-state index < -0.39 is 10.0 Å². The van der Waals surface area contributed by atoms with E-state index in [1.165, 1.54) is 0 Å². The fourth-order valence-corrected chi connectivity index (χ4v) is 4.75. The van der Waals surface area contributed by atoms with Crippen molar-refractivity contribution in [2.45, 2.75) is 26.8 Å². The number of aliphatic imine (C=N–C) groups is 1. The van der Waals surface area contributed by atoms with E-state index in [9.17, 15) is 13.2 Å². The molecule has 7 nitrogen and oxygen atoms in total. The summed E-state index contributed by atoms with van der Waals surface area (Å²) < 4.78 is 33.0. The summed E-state index contributed by atoms with van der Waals surface area (Å²) in [6.07, 6.45) is 0.472. The SMILES string of the molecule is CCC1=C(c2ccc(C)cc2)S(=O)(=O)NC1=NCC(=O)NCc1cccc(OC)c1. The molecular formula is C22H25N3O4S. The minimum absolute atomic E-state index is 0.174. The number of amides is 1. The van der Waals surface area contributed by atoms with Gasteiger partial charge in [0.2, 0.25) is 5.91 Å². The molecule has 2 N–H and O–H groups in total. The van der Waals surface area contributed by atoms with Gasteiger partial charge >= 0.3 is 0 Å². The van der Waals surface area contributed by atoms with Crippen molar-refractivity contribution in [1.82, 2.24) is 10.0 Å². The van der Waals surface area contributed by atoms with Crippen molar-refractivity contribution in [3.63, 3.8) is 0 Å². The molecule has 0 atom stereocenters. The minimum Gasteiger partial charge on any atom is -0.497 e. The maximum absolute atomic E-state index is 12.7. The van der Waals surface area contributed by atoms with Gasteiger partial charge < -0.3 is 10.1 Å². The van der Waals surface area contributed by atoms with Crippen molar-refractivity contribution in [3.05, 3.63) is 70.8 Å². The van der Waals surface area contributed by atoms with Crippen LogP contribution in [0.2, 0.25) is 0 Å². The van der Waals surface area contributed by atoms with E-state index in [0.29, 0.717) is 29.9 Å². The Morgan fingerprint density at radius 1 is 1.17 bits per heavy atom. The largest absolute Gasteiger partial charge is 0.497 e. The molecular weight excluding hydrogens is 402 g/mol. The van der Waals surface area contributed by atoms with Gasteiger partial charge in [-0.2, -0.15) is 0 Å². The van der Waals surface area contributed by atoms with Gasteiger partial charge in [-0.25, -0.2) is 8.42 Å². The number of hydrogen-bond donors (Lipinski definition) is 2. The van der Waals surface area contributed by atoms with Crippen LogP contribution in [0.3, 0.4) is 0 Å². The Bertz CT molecular complexity index is 1100. The number of nitrogens with zero attached hydrogens (tertiary/aromatic N) is 1. The van der Waals surface area contributed by atoms with Crippen molar-refractivity contribution in [2.24, 2.45) is 4.99 Å². The number of nitrogens with one attached hydrogen (secondary N) is 2. The molecule has 2 aromatic rings. The fourth-order valence-electron chi connectivity index (χ4n) is 3.19. The number of amidine groups is 1. The molecule has 1 amide bonds. The standard InChI is InChI=1S/C22H25N3O4S/c1-4-19-21(17-10-8-15(2)9-11-17)30(27,28)25-22(19)24-14-20(26)23-13-16-6-5-7-18(12-16)29-3/h5-12H,4,13-14H2,1-3H3,(H,23,26)(H,24,25). The van der Waals surface area contributed by atoms with Crippen LogP contribution in [0, 0.1) is 6.92 Å². The third kappa shape index (κ3) is 4.88. The van der Waals surface area contributed by atoms with Crippen LogP contribution in [0.5, 0.6) is 5.75 Å². The average Bonchev–Trinajstić information content (AvgIpc) is 3.01. The van der Waals surface area contributed by atoms with Crippen molar-refractivity contribution in [2.75, 3.05) is 13.7 Å². The molecule has 1 aliphatic heterocycles. The Kier molecular flexibility index (Phi) is 6.56. The molecule has 1 aliphatic rings. The van der Waals surface area contributed by atoms with E-state index >= 15 is 0 Å². The fraction of sp³-hybridized carbons (Fsp3) is 0.273. The molecule has 30 heavy (non-hydrogen) atoms. The van der Waals surface area contributed by atoms with Crippen LogP contribution in [0.4, 0.5) is 0 Å². The van der Waals surface area contributed by atoms with Crippen LogP contribution in [0.15, 0.2) is 59.1 Å². The molecule has 0 radical (unpaired) electrons. The first kappa shape index (κ1) is 21.6. The smallest absolute Gasteiger partial charge is 0.264 e. The zero-order valence-electron chi connectivity index (χ0n) is 17.2. The van der Waals surface area contributed by atoms with E-state index in [2.05, 4.69) is 15.0 Å². The zero-order chi connectivity index (χ0) is 21.7. The molecule has 8 heteroatoms. The van der Waals surface area contributed by atoms with Gasteiger partial charge in [0.1, 0.15) is 23.0 Å². The van der Waals surface area contributed by atoms with E-state index in [1.54, 1.807) is 19.2 Å². The second-order valence-corrected chi connectivity index (χ2v) is 8.55. The number of ether oxygens (including phenoxy) is 1. The average molecular weight is 428 g/mol. The van der Waals surface area contributed by atoms with E-state index in [4.69, 9.17) is 4.74 Å². The lowest BCUT2D eigenvalue weighted by Crippen LogP contribution is -2.28. The first-order valence-corrected chi connectivity index (χ1v) is 11.1. The Balaban J connectivity index is 1.74. The maximum atomic E-state index is 12.7. The van der Waals surface area contributed by atoms with Gasteiger partial charge in [0.05, 0.1) is 7.11 Å². The van der Waals surface area contributed by atoms with Crippen LogP contribution in [0.25, 0.3) is 4.91 Å².